The first-order valence-electron chi connectivity index (χ1n) is 9.10. The highest BCUT2D eigenvalue weighted by Gasteiger charge is 2.20. The second-order valence-corrected chi connectivity index (χ2v) is 8.40. The zero-order chi connectivity index (χ0) is 20.9. The van der Waals surface area contributed by atoms with Crippen molar-refractivity contribution < 1.29 is 18.0 Å². The van der Waals surface area contributed by atoms with Gasteiger partial charge in [-0.3, -0.25) is 9.59 Å². The van der Waals surface area contributed by atoms with E-state index in [-0.39, 0.29) is 22.9 Å². The number of hydrogen-bond acceptors (Lipinski definition) is 4. The maximum atomic E-state index is 12.6. The van der Waals surface area contributed by atoms with Crippen molar-refractivity contribution in [1.82, 2.24) is 9.62 Å². The van der Waals surface area contributed by atoms with Crippen LogP contribution in [0.1, 0.15) is 28.8 Å². The lowest BCUT2D eigenvalue weighted by atomic mass is 10.1. The molecule has 2 aromatic carbocycles. The Bertz CT molecular complexity index is 1070. The number of sulfonamides is 1. The molecule has 0 atom stereocenters. The van der Waals surface area contributed by atoms with Crippen molar-refractivity contribution in [2.45, 2.75) is 24.3 Å². The number of amides is 2. The zero-order valence-electron chi connectivity index (χ0n) is 15.7. The van der Waals surface area contributed by atoms with E-state index in [1.165, 1.54) is 24.3 Å². The number of anilines is 1. The van der Waals surface area contributed by atoms with Gasteiger partial charge in [0.25, 0.3) is 5.91 Å². The summed E-state index contributed by atoms with van der Waals surface area (Å²) in [6.07, 6.45) is 6.53. The fraction of sp³-hybridized carbons (Fsp3) is 0.238. The lowest BCUT2D eigenvalue weighted by molar-refractivity contribution is -0.128. The molecule has 2 aromatic rings. The number of hydrogen-bond donors (Lipinski definition) is 2. The Labute approximate surface area is 170 Å². The third-order valence-electron chi connectivity index (χ3n) is 4.50. The van der Waals surface area contributed by atoms with E-state index in [0.717, 1.165) is 18.5 Å². The molecule has 29 heavy (non-hydrogen) atoms. The molecule has 0 bridgehead atoms. The average Bonchev–Trinajstić information content (AvgIpc) is 3.11. The molecule has 1 fully saturated rings. The molecular weight excluding hydrogens is 390 g/mol. The van der Waals surface area contributed by atoms with Crippen LogP contribution < -0.4 is 10.0 Å². The summed E-state index contributed by atoms with van der Waals surface area (Å²) >= 11 is 0. The van der Waals surface area contributed by atoms with Crippen LogP contribution in [0.2, 0.25) is 0 Å². The van der Waals surface area contributed by atoms with Crippen LogP contribution >= 0.6 is 0 Å². The van der Waals surface area contributed by atoms with Gasteiger partial charge in [0.2, 0.25) is 15.9 Å². The molecule has 1 saturated heterocycles. The van der Waals surface area contributed by atoms with Gasteiger partial charge in [0.05, 0.1) is 11.4 Å². The van der Waals surface area contributed by atoms with Crippen LogP contribution in [0.3, 0.4) is 0 Å². The van der Waals surface area contributed by atoms with Gasteiger partial charge in [0.15, 0.2) is 0 Å². The first kappa shape index (κ1) is 20.6. The van der Waals surface area contributed by atoms with Crippen molar-refractivity contribution in [3.8, 4) is 12.3 Å². The number of benzene rings is 2. The van der Waals surface area contributed by atoms with E-state index in [1.54, 1.807) is 23.1 Å². The van der Waals surface area contributed by atoms with Gasteiger partial charge >= 0.3 is 0 Å². The summed E-state index contributed by atoms with van der Waals surface area (Å²) < 4.78 is 26.6. The molecule has 0 spiro atoms. The number of rotatable bonds is 7. The minimum atomic E-state index is -3.79. The van der Waals surface area contributed by atoms with Gasteiger partial charge in [0, 0.05) is 30.8 Å². The molecule has 1 aliphatic heterocycles. The maximum Gasteiger partial charge on any atom is 0.255 e. The Hall–Kier alpha value is -3.15. The van der Waals surface area contributed by atoms with Gasteiger partial charge in [-0.2, -0.15) is 4.72 Å². The third-order valence-corrected chi connectivity index (χ3v) is 5.90. The fourth-order valence-corrected chi connectivity index (χ4v) is 4.05. The third kappa shape index (κ3) is 5.22. The van der Waals surface area contributed by atoms with Gasteiger partial charge in [0.1, 0.15) is 0 Å². The Morgan fingerprint density at radius 1 is 1.17 bits per heavy atom. The zero-order valence-corrected chi connectivity index (χ0v) is 16.5. The largest absolute Gasteiger partial charge is 0.338 e. The lowest BCUT2D eigenvalue weighted by Crippen LogP contribution is -2.24. The molecule has 3 rings (SSSR count). The normalized spacial score (nSPS) is 13.9. The second kappa shape index (κ2) is 8.90. The van der Waals surface area contributed by atoms with Gasteiger partial charge in [-0.25, -0.2) is 8.42 Å². The SMILES string of the molecule is C#CCNS(=O)(=O)c1cccc(C(=O)Nc2cccc(CN3CCCC3=O)c2)c1. The number of nitrogens with zero attached hydrogens (tertiary/aromatic N) is 1. The molecular formula is C21H21N3O4S. The number of nitrogens with one attached hydrogen (secondary N) is 2. The van der Waals surface area contributed by atoms with Gasteiger partial charge in [-0.1, -0.05) is 24.1 Å². The highest BCUT2D eigenvalue weighted by Crippen LogP contribution is 2.18. The fourth-order valence-electron chi connectivity index (χ4n) is 3.07. The molecule has 1 aliphatic rings. The van der Waals surface area contributed by atoms with Crippen molar-refractivity contribution in [3.63, 3.8) is 0 Å². The Balaban J connectivity index is 1.72. The standard InChI is InChI=1S/C21H21N3O4S/c1-2-11-22-29(27,28)19-9-4-7-17(14-19)21(26)23-18-8-3-6-16(13-18)15-24-12-5-10-20(24)25/h1,3-4,6-9,13-14,22H,5,10-12,15H2,(H,23,26). The molecule has 0 radical (unpaired) electrons. The van der Waals surface area contributed by atoms with Gasteiger partial charge in [-0.15, -0.1) is 6.42 Å². The first-order chi connectivity index (χ1) is 13.9. The molecule has 0 aliphatic carbocycles. The predicted molar refractivity (Wildman–Crippen MR) is 110 cm³/mol. The summed E-state index contributed by atoms with van der Waals surface area (Å²) in [5.74, 6) is 1.90. The number of carbonyl (C=O) groups is 2. The number of likely N-dealkylation sites (tertiary alicyclic amines) is 1. The molecule has 2 N–H and O–H groups in total. The number of carbonyl (C=O) groups excluding carboxylic acids is 2. The van der Waals surface area contributed by atoms with Crippen molar-refractivity contribution >= 4 is 27.5 Å². The summed E-state index contributed by atoms with van der Waals surface area (Å²) in [4.78, 5) is 26.1. The van der Waals surface area contributed by atoms with Crippen LogP contribution in [0.4, 0.5) is 5.69 Å². The minimum absolute atomic E-state index is 0.0401. The monoisotopic (exact) mass is 411 g/mol. The summed E-state index contributed by atoms with van der Waals surface area (Å²) in [6, 6.07) is 12.9. The summed E-state index contributed by atoms with van der Waals surface area (Å²) in [5.41, 5.74) is 1.68. The van der Waals surface area contributed by atoms with E-state index < -0.39 is 15.9 Å². The van der Waals surface area contributed by atoms with Gasteiger partial charge in [-0.05, 0) is 42.3 Å². The van der Waals surface area contributed by atoms with Crippen LogP contribution in [0, 0.1) is 12.3 Å². The molecule has 0 aromatic heterocycles. The van der Waals surface area contributed by atoms with Crippen LogP contribution in [-0.2, 0) is 21.4 Å². The van der Waals surface area contributed by atoms with E-state index in [1.807, 2.05) is 6.07 Å². The molecule has 0 unspecified atom stereocenters. The Morgan fingerprint density at radius 3 is 2.69 bits per heavy atom. The Morgan fingerprint density at radius 2 is 1.97 bits per heavy atom. The van der Waals surface area contributed by atoms with Crippen molar-refractivity contribution in [2.75, 3.05) is 18.4 Å². The number of terminal acetylenes is 1. The predicted octanol–water partition coefficient (Wildman–Crippen LogP) is 1.97. The summed E-state index contributed by atoms with van der Waals surface area (Å²) in [5, 5.41) is 2.77. The highest BCUT2D eigenvalue weighted by atomic mass is 32.2. The van der Waals surface area contributed by atoms with Gasteiger partial charge < -0.3 is 10.2 Å². The highest BCUT2D eigenvalue weighted by molar-refractivity contribution is 7.89. The van der Waals surface area contributed by atoms with E-state index in [4.69, 9.17) is 6.42 Å². The molecule has 8 heteroatoms. The Kier molecular flexibility index (Phi) is 6.32. The van der Waals surface area contributed by atoms with Crippen molar-refractivity contribution in [1.29, 1.82) is 0 Å². The molecule has 150 valence electrons. The smallest absolute Gasteiger partial charge is 0.255 e. The van der Waals surface area contributed by atoms with E-state index in [9.17, 15) is 18.0 Å². The maximum absolute atomic E-state index is 12.6. The second-order valence-electron chi connectivity index (χ2n) is 6.63. The quantitative estimate of drug-likeness (QED) is 0.681. The first-order valence-corrected chi connectivity index (χ1v) is 10.6. The van der Waals surface area contributed by atoms with E-state index in [2.05, 4.69) is 16.0 Å². The van der Waals surface area contributed by atoms with Crippen LogP contribution in [0.15, 0.2) is 53.4 Å². The van der Waals surface area contributed by atoms with E-state index >= 15 is 0 Å². The molecule has 2 amide bonds. The lowest BCUT2D eigenvalue weighted by Gasteiger charge is -2.16. The van der Waals surface area contributed by atoms with Crippen LogP contribution in [0.25, 0.3) is 0 Å². The molecule has 1 heterocycles. The molecule has 7 nitrogen and oxygen atoms in total. The summed E-state index contributed by atoms with van der Waals surface area (Å²) in [7, 11) is -3.79. The summed E-state index contributed by atoms with van der Waals surface area (Å²) in [6.45, 7) is 1.10. The van der Waals surface area contributed by atoms with E-state index in [0.29, 0.717) is 18.7 Å². The average molecular weight is 411 g/mol. The molecule has 0 saturated carbocycles. The van der Waals surface area contributed by atoms with Crippen LogP contribution in [-0.4, -0.2) is 38.2 Å². The minimum Gasteiger partial charge on any atom is -0.338 e. The van der Waals surface area contributed by atoms with Crippen molar-refractivity contribution in [3.05, 3.63) is 59.7 Å². The van der Waals surface area contributed by atoms with Crippen LogP contribution in [0.5, 0.6) is 0 Å². The van der Waals surface area contributed by atoms with Crippen molar-refractivity contribution in [2.24, 2.45) is 0 Å². The topological polar surface area (TPSA) is 95.6 Å².